The molecular formula is C15H19F2N3. The SMILES string of the molecule is Cc1nn(C)c(C)c1CNC(C)c1ccc(F)cc1F. The van der Waals surface area contributed by atoms with Crippen LogP contribution in [0.25, 0.3) is 0 Å². The van der Waals surface area contributed by atoms with Gasteiger partial charge in [0.1, 0.15) is 11.6 Å². The maximum absolute atomic E-state index is 13.7. The van der Waals surface area contributed by atoms with E-state index >= 15 is 0 Å². The molecule has 0 bridgehead atoms. The van der Waals surface area contributed by atoms with Crippen molar-refractivity contribution in [2.24, 2.45) is 7.05 Å². The molecule has 0 aliphatic carbocycles. The van der Waals surface area contributed by atoms with Crippen LogP contribution in [0.1, 0.15) is 35.5 Å². The fourth-order valence-corrected chi connectivity index (χ4v) is 2.29. The van der Waals surface area contributed by atoms with E-state index in [1.165, 1.54) is 12.1 Å². The molecule has 5 heteroatoms. The summed E-state index contributed by atoms with van der Waals surface area (Å²) < 4.78 is 28.4. The largest absolute Gasteiger partial charge is 0.306 e. The van der Waals surface area contributed by atoms with Gasteiger partial charge in [-0.3, -0.25) is 4.68 Å². The van der Waals surface area contributed by atoms with E-state index < -0.39 is 11.6 Å². The van der Waals surface area contributed by atoms with Crippen LogP contribution in [-0.2, 0) is 13.6 Å². The highest BCUT2D eigenvalue weighted by molar-refractivity contribution is 5.25. The highest BCUT2D eigenvalue weighted by Gasteiger charge is 2.14. The Kier molecular flexibility index (Phi) is 4.18. The van der Waals surface area contributed by atoms with Crippen LogP contribution in [0.4, 0.5) is 8.78 Å². The molecule has 1 heterocycles. The summed E-state index contributed by atoms with van der Waals surface area (Å²) in [7, 11) is 1.90. The average molecular weight is 279 g/mol. The van der Waals surface area contributed by atoms with Crippen molar-refractivity contribution in [2.45, 2.75) is 33.4 Å². The van der Waals surface area contributed by atoms with Crippen LogP contribution in [0.3, 0.4) is 0 Å². The summed E-state index contributed by atoms with van der Waals surface area (Å²) in [6, 6.07) is 3.46. The number of benzene rings is 1. The Balaban J connectivity index is 2.10. The number of aromatic nitrogens is 2. The number of nitrogens with one attached hydrogen (secondary N) is 1. The molecule has 20 heavy (non-hydrogen) atoms. The molecule has 0 aliphatic rings. The Morgan fingerprint density at radius 1 is 1.30 bits per heavy atom. The van der Waals surface area contributed by atoms with Gasteiger partial charge < -0.3 is 5.32 Å². The van der Waals surface area contributed by atoms with Crippen molar-refractivity contribution in [1.29, 1.82) is 0 Å². The minimum Gasteiger partial charge on any atom is -0.306 e. The molecule has 2 rings (SSSR count). The molecule has 0 amide bonds. The Morgan fingerprint density at radius 3 is 2.55 bits per heavy atom. The second kappa shape index (κ2) is 5.71. The van der Waals surface area contributed by atoms with Crippen molar-refractivity contribution in [3.8, 4) is 0 Å². The third-order valence-corrected chi connectivity index (χ3v) is 3.67. The van der Waals surface area contributed by atoms with Crippen LogP contribution in [0.15, 0.2) is 18.2 Å². The first-order valence-electron chi connectivity index (χ1n) is 6.57. The van der Waals surface area contributed by atoms with Crippen molar-refractivity contribution in [3.63, 3.8) is 0 Å². The molecule has 1 N–H and O–H groups in total. The van der Waals surface area contributed by atoms with Gasteiger partial charge in [-0.2, -0.15) is 5.10 Å². The molecule has 1 aromatic heterocycles. The number of hydrogen-bond donors (Lipinski definition) is 1. The molecule has 0 saturated carbocycles. The summed E-state index contributed by atoms with van der Waals surface area (Å²) >= 11 is 0. The molecular weight excluding hydrogens is 260 g/mol. The lowest BCUT2D eigenvalue weighted by molar-refractivity contribution is 0.516. The quantitative estimate of drug-likeness (QED) is 0.931. The Hall–Kier alpha value is -1.75. The summed E-state index contributed by atoms with van der Waals surface area (Å²) in [5, 5.41) is 7.60. The lowest BCUT2D eigenvalue weighted by Crippen LogP contribution is -2.20. The van der Waals surface area contributed by atoms with Gasteiger partial charge in [-0.1, -0.05) is 6.07 Å². The summed E-state index contributed by atoms with van der Waals surface area (Å²) in [6.45, 7) is 6.41. The Bertz CT molecular complexity index is 620. The number of aryl methyl sites for hydroxylation is 2. The van der Waals surface area contributed by atoms with Gasteiger partial charge in [0.05, 0.1) is 5.69 Å². The number of hydrogen-bond acceptors (Lipinski definition) is 2. The fourth-order valence-electron chi connectivity index (χ4n) is 2.29. The molecule has 0 spiro atoms. The molecule has 3 nitrogen and oxygen atoms in total. The van der Waals surface area contributed by atoms with Gasteiger partial charge in [-0.15, -0.1) is 0 Å². The topological polar surface area (TPSA) is 29.9 Å². The summed E-state index contributed by atoms with van der Waals surface area (Å²) in [4.78, 5) is 0. The Labute approximate surface area is 117 Å². The summed E-state index contributed by atoms with van der Waals surface area (Å²) in [5.41, 5.74) is 3.62. The van der Waals surface area contributed by atoms with E-state index in [4.69, 9.17) is 0 Å². The second-order valence-electron chi connectivity index (χ2n) is 5.04. The summed E-state index contributed by atoms with van der Waals surface area (Å²) in [6.07, 6.45) is 0. The predicted molar refractivity (Wildman–Crippen MR) is 74.3 cm³/mol. The van der Waals surface area contributed by atoms with Gasteiger partial charge in [0, 0.05) is 42.5 Å². The van der Waals surface area contributed by atoms with Crippen LogP contribution >= 0.6 is 0 Å². The number of rotatable bonds is 4. The molecule has 108 valence electrons. The molecule has 0 aliphatic heterocycles. The van der Waals surface area contributed by atoms with Crippen LogP contribution in [-0.4, -0.2) is 9.78 Å². The number of nitrogens with zero attached hydrogens (tertiary/aromatic N) is 2. The van der Waals surface area contributed by atoms with Crippen LogP contribution in [0.2, 0.25) is 0 Å². The maximum atomic E-state index is 13.7. The van der Waals surface area contributed by atoms with E-state index in [1.54, 1.807) is 0 Å². The lowest BCUT2D eigenvalue weighted by atomic mass is 10.1. The van der Waals surface area contributed by atoms with Gasteiger partial charge in [0.25, 0.3) is 0 Å². The zero-order valence-corrected chi connectivity index (χ0v) is 12.2. The minimum atomic E-state index is -0.558. The zero-order valence-electron chi connectivity index (χ0n) is 12.2. The van der Waals surface area contributed by atoms with Crippen LogP contribution < -0.4 is 5.32 Å². The van der Waals surface area contributed by atoms with Crippen molar-refractivity contribution in [2.75, 3.05) is 0 Å². The first-order chi connectivity index (χ1) is 9.40. The molecule has 1 unspecified atom stereocenters. The minimum absolute atomic E-state index is 0.199. The molecule has 0 saturated heterocycles. The Morgan fingerprint density at radius 2 is 2.00 bits per heavy atom. The molecule has 1 atom stereocenters. The van der Waals surface area contributed by atoms with E-state index in [1.807, 2.05) is 32.5 Å². The zero-order chi connectivity index (χ0) is 14.9. The van der Waals surface area contributed by atoms with E-state index in [2.05, 4.69) is 10.4 Å². The van der Waals surface area contributed by atoms with Gasteiger partial charge in [-0.05, 0) is 26.8 Å². The third kappa shape index (κ3) is 2.88. The van der Waals surface area contributed by atoms with E-state index in [0.717, 1.165) is 23.0 Å². The van der Waals surface area contributed by atoms with Gasteiger partial charge in [0.2, 0.25) is 0 Å². The smallest absolute Gasteiger partial charge is 0.130 e. The van der Waals surface area contributed by atoms with Gasteiger partial charge in [0.15, 0.2) is 0 Å². The second-order valence-corrected chi connectivity index (χ2v) is 5.04. The van der Waals surface area contributed by atoms with Crippen molar-refractivity contribution < 1.29 is 8.78 Å². The van der Waals surface area contributed by atoms with E-state index in [9.17, 15) is 8.78 Å². The third-order valence-electron chi connectivity index (χ3n) is 3.67. The standard InChI is InChI=1S/C15H19F2N3/c1-9(13-6-5-12(16)7-15(13)17)18-8-14-10(2)19-20(4)11(14)3/h5-7,9,18H,8H2,1-4H3. The highest BCUT2D eigenvalue weighted by atomic mass is 19.1. The average Bonchev–Trinajstić information content (AvgIpc) is 2.61. The molecule has 0 fully saturated rings. The monoisotopic (exact) mass is 279 g/mol. The lowest BCUT2D eigenvalue weighted by Gasteiger charge is -2.15. The predicted octanol–water partition coefficient (Wildman–Crippen LogP) is 3.17. The van der Waals surface area contributed by atoms with Gasteiger partial charge >= 0.3 is 0 Å². The molecule has 1 aromatic carbocycles. The first-order valence-corrected chi connectivity index (χ1v) is 6.57. The fraction of sp³-hybridized carbons (Fsp3) is 0.400. The normalized spacial score (nSPS) is 12.7. The summed E-state index contributed by atoms with van der Waals surface area (Å²) in [5.74, 6) is -1.08. The van der Waals surface area contributed by atoms with Crippen LogP contribution in [0.5, 0.6) is 0 Å². The number of halogens is 2. The van der Waals surface area contributed by atoms with Crippen molar-refractivity contribution in [3.05, 3.63) is 52.3 Å². The van der Waals surface area contributed by atoms with Crippen molar-refractivity contribution >= 4 is 0 Å². The first kappa shape index (κ1) is 14.7. The van der Waals surface area contributed by atoms with E-state index in [-0.39, 0.29) is 6.04 Å². The highest BCUT2D eigenvalue weighted by Crippen LogP contribution is 2.19. The van der Waals surface area contributed by atoms with Crippen LogP contribution in [0, 0.1) is 25.5 Å². The maximum Gasteiger partial charge on any atom is 0.130 e. The van der Waals surface area contributed by atoms with Crippen molar-refractivity contribution in [1.82, 2.24) is 15.1 Å². The molecule has 2 aromatic rings. The molecule has 0 radical (unpaired) electrons. The van der Waals surface area contributed by atoms with Gasteiger partial charge in [-0.25, -0.2) is 8.78 Å². The van der Waals surface area contributed by atoms with E-state index in [0.29, 0.717) is 12.1 Å².